The Bertz CT molecular complexity index is 788. The largest absolute Gasteiger partial charge is 0.328 e. The molecule has 3 rings (SSSR count). The molecule has 0 amide bonds. The number of imidazole rings is 1. The third-order valence-electron chi connectivity index (χ3n) is 3.50. The molecule has 21 heavy (non-hydrogen) atoms. The average molecular weight is 299 g/mol. The first-order chi connectivity index (χ1) is 10.2. The first kappa shape index (κ1) is 13.9. The predicted octanol–water partition coefficient (Wildman–Crippen LogP) is 3.64. The third-order valence-corrected chi connectivity index (χ3v) is 4.47. The predicted molar refractivity (Wildman–Crippen MR) is 84.9 cm³/mol. The minimum atomic E-state index is 0.0997. The summed E-state index contributed by atoms with van der Waals surface area (Å²) in [6.07, 6.45) is 1.35. The molecular formula is C16H17N3OS. The maximum Gasteiger partial charge on any atom is 0.182 e. The second kappa shape index (κ2) is 5.77. The van der Waals surface area contributed by atoms with Crippen LogP contribution in [0.2, 0.25) is 0 Å². The zero-order valence-corrected chi connectivity index (χ0v) is 13.0. The van der Waals surface area contributed by atoms with E-state index < -0.39 is 0 Å². The molecule has 0 atom stereocenters. The lowest BCUT2D eigenvalue weighted by atomic mass is 10.2. The molecule has 4 nitrogen and oxygen atoms in total. The van der Waals surface area contributed by atoms with E-state index in [2.05, 4.69) is 27.5 Å². The Labute approximate surface area is 127 Å². The Kier molecular flexibility index (Phi) is 3.84. The van der Waals surface area contributed by atoms with Gasteiger partial charge in [-0.1, -0.05) is 19.1 Å². The summed E-state index contributed by atoms with van der Waals surface area (Å²) < 4.78 is 2.16. The van der Waals surface area contributed by atoms with Gasteiger partial charge in [0, 0.05) is 6.54 Å². The Morgan fingerprint density at radius 3 is 2.86 bits per heavy atom. The molecule has 0 spiro atoms. The number of hydrogen-bond donors (Lipinski definition) is 0. The zero-order valence-electron chi connectivity index (χ0n) is 12.2. The van der Waals surface area contributed by atoms with E-state index >= 15 is 0 Å². The smallest absolute Gasteiger partial charge is 0.182 e. The second-order valence-electron chi connectivity index (χ2n) is 5.04. The SMILES string of the molecule is CCCn1c(CC(=O)c2scnc2C)nc2ccccc21. The van der Waals surface area contributed by atoms with Gasteiger partial charge < -0.3 is 4.57 Å². The normalized spacial score (nSPS) is 11.1. The van der Waals surface area contributed by atoms with Gasteiger partial charge in [-0.05, 0) is 25.5 Å². The van der Waals surface area contributed by atoms with Crippen LogP contribution in [0.15, 0.2) is 29.8 Å². The number of aromatic nitrogens is 3. The molecule has 5 heteroatoms. The maximum absolute atomic E-state index is 12.4. The molecule has 0 bridgehead atoms. The van der Waals surface area contributed by atoms with Gasteiger partial charge in [0.25, 0.3) is 0 Å². The van der Waals surface area contributed by atoms with E-state index in [1.807, 2.05) is 25.1 Å². The minimum Gasteiger partial charge on any atom is -0.328 e. The van der Waals surface area contributed by atoms with Crippen molar-refractivity contribution in [2.24, 2.45) is 0 Å². The van der Waals surface area contributed by atoms with Gasteiger partial charge >= 0.3 is 0 Å². The van der Waals surface area contributed by atoms with Crippen molar-refractivity contribution in [3.63, 3.8) is 0 Å². The van der Waals surface area contributed by atoms with Crippen LogP contribution in [0.5, 0.6) is 0 Å². The number of ketones is 1. The molecule has 0 aliphatic heterocycles. The Morgan fingerprint density at radius 1 is 1.33 bits per heavy atom. The highest BCUT2D eigenvalue weighted by Gasteiger charge is 2.17. The van der Waals surface area contributed by atoms with Gasteiger partial charge in [-0.3, -0.25) is 4.79 Å². The lowest BCUT2D eigenvalue weighted by molar-refractivity contribution is 0.0993. The molecule has 0 radical (unpaired) electrons. The standard InChI is InChI=1S/C16H17N3OS/c1-3-8-19-13-7-5-4-6-12(13)18-15(19)9-14(20)16-11(2)17-10-21-16/h4-7,10H,3,8-9H2,1-2H3. The minimum absolute atomic E-state index is 0.0997. The second-order valence-corrected chi connectivity index (χ2v) is 5.89. The molecule has 0 saturated heterocycles. The molecule has 0 aliphatic carbocycles. The number of carbonyl (C=O) groups is 1. The fraction of sp³-hybridized carbons (Fsp3) is 0.312. The fourth-order valence-corrected chi connectivity index (χ4v) is 3.27. The van der Waals surface area contributed by atoms with Crippen LogP contribution >= 0.6 is 11.3 Å². The number of para-hydroxylation sites is 2. The molecule has 108 valence electrons. The summed E-state index contributed by atoms with van der Waals surface area (Å²) in [5.74, 6) is 0.943. The van der Waals surface area contributed by atoms with Gasteiger partial charge in [-0.2, -0.15) is 0 Å². The van der Waals surface area contributed by atoms with Crippen molar-refractivity contribution in [1.29, 1.82) is 0 Å². The Hall–Kier alpha value is -2.01. The van der Waals surface area contributed by atoms with Gasteiger partial charge in [0.2, 0.25) is 0 Å². The van der Waals surface area contributed by atoms with Gasteiger partial charge in [-0.25, -0.2) is 9.97 Å². The maximum atomic E-state index is 12.4. The van der Waals surface area contributed by atoms with Gasteiger partial charge in [0.15, 0.2) is 5.78 Å². The highest BCUT2D eigenvalue weighted by Crippen LogP contribution is 2.20. The molecule has 2 heterocycles. The monoisotopic (exact) mass is 299 g/mol. The lowest BCUT2D eigenvalue weighted by Crippen LogP contribution is -2.10. The summed E-state index contributed by atoms with van der Waals surface area (Å²) in [4.78, 5) is 22.0. The average Bonchev–Trinajstić information content (AvgIpc) is 3.04. The quantitative estimate of drug-likeness (QED) is 0.676. The van der Waals surface area contributed by atoms with Crippen LogP contribution in [0, 0.1) is 6.92 Å². The van der Waals surface area contributed by atoms with E-state index in [1.54, 1.807) is 5.51 Å². The molecule has 3 aromatic rings. The van der Waals surface area contributed by atoms with Gasteiger partial charge in [-0.15, -0.1) is 11.3 Å². The van der Waals surface area contributed by atoms with Crippen molar-refractivity contribution < 1.29 is 4.79 Å². The summed E-state index contributed by atoms with van der Waals surface area (Å²) >= 11 is 1.41. The number of nitrogens with zero attached hydrogens (tertiary/aromatic N) is 3. The number of thiazole rings is 1. The summed E-state index contributed by atoms with van der Waals surface area (Å²) in [7, 11) is 0. The van der Waals surface area contributed by atoms with E-state index in [-0.39, 0.29) is 5.78 Å². The number of rotatable bonds is 5. The van der Waals surface area contributed by atoms with Crippen molar-refractivity contribution in [1.82, 2.24) is 14.5 Å². The van der Waals surface area contributed by atoms with Crippen LogP contribution in [-0.4, -0.2) is 20.3 Å². The van der Waals surface area contributed by atoms with E-state index in [0.29, 0.717) is 6.42 Å². The molecule has 1 aromatic carbocycles. The number of benzene rings is 1. The highest BCUT2D eigenvalue weighted by atomic mass is 32.1. The van der Waals surface area contributed by atoms with Crippen molar-refractivity contribution in [2.45, 2.75) is 33.2 Å². The molecular weight excluding hydrogens is 282 g/mol. The number of fused-ring (bicyclic) bond motifs is 1. The van der Waals surface area contributed by atoms with Gasteiger partial charge in [0.1, 0.15) is 5.82 Å². The zero-order chi connectivity index (χ0) is 14.8. The van der Waals surface area contributed by atoms with Crippen LogP contribution in [0.3, 0.4) is 0 Å². The molecule has 0 fully saturated rings. The molecule has 0 unspecified atom stereocenters. The number of aryl methyl sites for hydroxylation is 2. The van der Waals surface area contributed by atoms with Crippen molar-refractivity contribution in [2.75, 3.05) is 0 Å². The van der Waals surface area contributed by atoms with E-state index in [9.17, 15) is 4.79 Å². The van der Waals surface area contributed by atoms with E-state index in [1.165, 1.54) is 11.3 Å². The molecule has 0 saturated carbocycles. The lowest BCUT2D eigenvalue weighted by Gasteiger charge is -2.06. The van der Waals surface area contributed by atoms with Crippen LogP contribution in [0.4, 0.5) is 0 Å². The topological polar surface area (TPSA) is 47.8 Å². The first-order valence-corrected chi connectivity index (χ1v) is 7.96. The fourth-order valence-electron chi connectivity index (χ4n) is 2.53. The van der Waals surface area contributed by atoms with Crippen LogP contribution in [-0.2, 0) is 13.0 Å². The Balaban J connectivity index is 1.98. The molecule has 2 aromatic heterocycles. The number of Topliss-reactive ketones (excluding diaryl/α,β-unsaturated/α-hetero) is 1. The van der Waals surface area contributed by atoms with Gasteiger partial charge in [0.05, 0.1) is 33.5 Å². The molecule has 0 N–H and O–H groups in total. The summed E-state index contributed by atoms with van der Waals surface area (Å²) in [6.45, 7) is 4.89. The summed E-state index contributed by atoms with van der Waals surface area (Å²) in [5.41, 5.74) is 4.58. The van der Waals surface area contributed by atoms with Crippen molar-refractivity contribution in [3.8, 4) is 0 Å². The van der Waals surface area contributed by atoms with Crippen LogP contribution in [0.1, 0.15) is 34.5 Å². The number of hydrogen-bond acceptors (Lipinski definition) is 4. The molecule has 0 aliphatic rings. The first-order valence-electron chi connectivity index (χ1n) is 7.08. The number of carbonyl (C=O) groups excluding carboxylic acids is 1. The van der Waals surface area contributed by atoms with E-state index in [4.69, 9.17) is 0 Å². The third kappa shape index (κ3) is 2.61. The van der Waals surface area contributed by atoms with Crippen molar-refractivity contribution >= 4 is 28.2 Å². The summed E-state index contributed by atoms with van der Waals surface area (Å²) in [5, 5.41) is 0. The van der Waals surface area contributed by atoms with Crippen molar-refractivity contribution in [3.05, 3.63) is 46.2 Å². The Morgan fingerprint density at radius 2 is 2.14 bits per heavy atom. The summed E-state index contributed by atoms with van der Waals surface area (Å²) in [6, 6.07) is 8.04. The van der Waals surface area contributed by atoms with Crippen LogP contribution in [0.25, 0.3) is 11.0 Å². The highest BCUT2D eigenvalue weighted by molar-refractivity contribution is 7.11. The van der Waals surface area contributed by atoms with Crippen LogP contribution < -0.4 is 0 Å². The van der Waals surface area contributed by atoms with E-state index in [0.717, 1.165) is 40.4 Å².